The predicted molar refractivity (Wildman–Crippen MR) is 61.7 cm³/mol. The first-order valence-corrected chi connectivity index (χ1v) is 6.07. The lowest BCUT2D eigenvalue weighted by molar-refractivity contribution is 0.115. The monoisotopic (exact) mass is 215 g/mol. The van der Waals surface area contributed by atoms with Crippen molar-refractivity contribution in [1.82, 2.24) is 5.32 Å². The van der Waals surface area contributed by atoms with Gasteiger partial charge in [0, 0.05) is 12.1 Å². The second-order valence-corrected chi connectivity index (χ2v) is 5.46. The van der Waals surface area contributed by atoms with Gasteiger partial charge >= 0.3 is 0 Å². The van der Waals surface area contributed by atoms with Crippen molar-refractivity contribution in [3.63, 3.8) is 0 Å². The number of rotatable bonds is 6. The molecule has 1 aliphatic rings. The van der Waals surface area contributed by atoms with Gasteiger partial charge in [-0.3, -0.25) is 0 Å². The van der Waals surface area contributed by atoms with Crippen LogP contribution in [-0.4, -0.2) is 35.0 Å². The molecule has 0 amide bonds. The minimum Gasteiger partial charge on any atom is -0.394 e. The molecule has 0 radical (unpaired) electrons. The number of hydrogen-bond donors (Lipinski definition) is 3. The van der Waals surface area contributed by atoms with Crippen molar-refractivity contribution in [3.05, 3.63) is 0 Å². The molecule has 0 heterocycles. The van der Waals surface area contributed by atoms with Gasteiger partial charge < -0.3 is 15.5 Å². The molecule has 0 aromatic carbocycles. The Bertz CT molecular complexity index is 176. The van der Waals surface area contributed by atoms with E-state index in [0.717, 1.165) is 12.3 Å². The molecular weight excluding hydrogens is 190 g/mol. The van der Waals surface area contributed by atoms with Crippen LogP contribution in [0.5, 0.6) is 0 Å². The lowest BCUT2D eigenvalue weighted by atomic mass is 9.99. The first kappa shape index (κ1) is 12.9. The van der Waals surface area contributed by atoms with Gasteiger partial charge in [0.2, 0.25) is 0 Å². The van der Waals surface area contributed by atoms with Gasteiger partial charge in [0.15, 0.2) is 0 Å². The van der Waals surface area contributed by atoms with Gasteiger partial charge in [-0.1, -0.05) is 25.7 Å². The second-order valence-electron chi connectivity index (χ2n) is 5.46. The van der Waals surface area contributed by atoms with Gasteiger partial charge in [-0.15, -0.1) is 0 Å². The minimum absolute atomic E-state index is 0.100. The molecule has 1 saturated carbocycles. The van der Waals surface area contributed by atoms with Crippen LogP contribution in [0.3, 0.4) is 0 Å². The summed E-state index contributed by atoms with van der Waals surface area (Å²) >= 11 is 0. The van der Waals surface area contributed by atoms with Crippen molar-refractivity contribution in [1.29, 1.82) is 0 Å². The first-order chi connectivity index (χ1) is 7.03. The SMILES string of the molecule is CC(C)(CO)NCC(O)CC1CCCC1. The summed E-state index contributed by atoms with van der Waals surface area (Å²) in [6.07, 6.45) is 5.86. The number of β-amino-alcohol motifs (C(OH)–C–C–N with tert-alkyl or cyclic N) is 1. The summed E-state index contributed by atoms with van der Waals surface area (Å²) in [6.45, 7) is 4.57. The van der Waals surface area contributed by atoms with Gasteiger partial charge in [-0.2, -0.15) is 0 Å². The van der Waals surface area contributed by atoms with Crippen LogP contribution < -0.4 is 5.32 Å². The molecule has 1 fully saturated rings. The average Bonchev–Trinajstić information content (AvgIpc) is 2.68. The molecule has 3 heteroatoms. The first-order valence-electron chi connectivity index (χ1n) is 6.07. The van der Waals surface area contributed by atoms with Gasteiger partial charge in [0.1, 0.15) is 0 Å². The van der Waals surface area contributed by atoms with Crippen molar-refractivity contribution in [2.75, 3.05) is 13.2 Å². The average molecular weight is 215 g/mol. The fourth-order valence-corrected chi connectivity index (χ4v) is 2.16. The molecule has 0 bridgehead atoms. The molecule has 1 aliphatic carbocycles. The third kappa shape index (κ3) is 4.96. The van der Waals surface area contributed by atoms with E-state index >= 15 is 0 Å². The van der Waals surface area contributed by atoms with Crippen LogP contribution in [0, 0.1) is 5.92 Å². The summed E-state index contributed by atoms with van der Waals surface area (Å²) in [4.78, 5) is 0. The van der Waals surface area contributed by atoms with Crippen molar-refractivity contribution < 1.29 is 10.2 Å². The molecule has 3 N–H and O–H groups in total. The molecule has 15 heavy (non-hydrogen) atoms. The van der Waals surface area contributed by atoms with Crippen LogP contribution in [0.15, 0.2) is 0 Å². The Kier molecular flexibility index (Phi) is 5.03. The quantitative estimate of drug-likeness (QED) is 0.626. The maximum Gasteiger partial charge on any atom is 0.0667 e. The zero-order chi connectivity index (χ0) is 11.3. The predicted octanol–water partition coefficient (Wildman–Crippen LogP) is 1.29. The van der Waals surface area contributed by atoms with Crippen LogP contribution in [-0.2, 0) is 0 Å². The van der Waals surface area contributed by atoms with Crippen molar-refractivity contribution in [2.45, 2.75) is 57.6 Å². The molecule has 0 aromatic heterocycles. The highest BCUT2D eigenvalue weighted by Crippen LogP contribution is 2.28. The third-order valence-electron chi connectivity index (χ3n) is 3.29. The smallest absolute Gasteiger partial charge is 0.0667 e. The van der Waals surface area contributed by atoms with E-state index in [-0.39, 0.29) is 18.2 Å². The molecule has 1 rings (SSSR count). The molecule has 1 unspecified atom stereocenters. The Morgan fingerprint density at radius 3 is 2.47 bits per heavy atom. The Morgan fingerprint density at radius 1 is 1.33 bits per heavy atom. The highest BCUT2D eigenvalue weighted by atomic mass is 16.3. The Labute approximate surface area is 92.9 Å². The van der Waals surface area contributed by atoms with Crippen LogP contribution in [0.25, 0.3) is 0 Å². The van der Waals surface area contributed by atoms with E-state index in [2.05, 4.69) is 5.32 Å². The van der Waals surface area contributed by atoms with Crippen molar-refractivity contribution >= 4 is 0 Å². The highest BCUT2D eigenvalue weighted by molar-refractivity contribution is 4.79. The van der Waals surface area contributed by atoms with E-state index in [1.165, 1.54) is 25.7 Å². The maximum absolute atomic E-state index is 9.82. The van der Waals surface area contributed by atoms with Gasteiger partial charge in [-0.05, 0) is 26.2 Å². The summed E-state index contributed by atoms with van der Waals surface area (Å²) in [5.74, 6) is 0.721. The van der Waals surface area contributed by atoms with Crippen LogP contribution in [0.1, 0.15) is 46.0 Å². The summed E-state index contributed by atoms with van der Waals surface area (Å²) < 4.78 is 0. The normalized spacial score (nSPS) is 20.8. The summed E-state index contributed by atoms with van der Waals surface area (Å²) in [5, 5.41) is 22.1. The summed E-state index contributed by atoms with van der Waals surface area (Å²) in [7, 11) is 0. The van der Waals surface area contributed by atoms with Gasteiger partial charge in [0.05, 0.1) is 12.7 Å². The van der Waals surface area contributed by atoms with Crippen LogP contribution >= 0.6 is 0 Å². The molecule has 0 aliphatic heterocycles. The third-order valence-corrected chi connectivity index (χ3v) is 3.29. The molecular formula is C12H25NO2. The minimum atomic E-state index is -0.281. The number of hydrogen-bond acceptors (Lipinski definition) is 3. The molecule has 0 aromatic rings. The van der Waals surface area contributed by atoms with E-state index in [1.807, 2.05) is 13.8 Å². The molecule has 0 spiro atoms. The van der Waals surface area contributed by atoms with E-state index < -0.39 is 0 Å². The zero-order valence-corrected chi connectivity index (χ0v) is 10.00. The topological polar surface area (TPSA) is 52.5 Å². The van der Waals surface area contributed by atoms with Crippen LogP contribution in [0.4, 0.5) is 0 Å². The lowest BCUT2D eigenvalue weighted by Crippen LogP contribution is -2.46. The maximum atomic E-state index is 9.82. The van der Waals surface area contributed by atoms with Crippen molar-refractivity contribution in [3.8, 4) is 0 Å². The van der Waals surface area contributed by atoms with E-state index in [1.54, 1.807) is 0 Å². The largest absolute Gasteiger partial charge is 0.394 e. The zero-order valence-electron chi connectivity index (χ0n) is 10.00. The van der Waals surface area contributed by atoms with Gasteiger partial charge in [0.25, 0.3) is 0 Å². The Balaban J connectivity index is 2.15. The highest BCUT2D eigenvalue weighted by Gasteiger charge is 2.21. The number of aliphatic hydroxyl groups is 2. The molecule has 3 nitrogen and oxygen atoms in total. The van der Waals surface area contributed by atoms with E-state index in [9.17, 15) is 5.11 Å². The standard InChI is InChI=1S/C12H25NO2/c1-12(2,9-14)13-8-11(15)7-10-5-3-4-6-10/h10-11,13-15H,3-9H2,1-2H3. The molecule has 0 saturated heterocycles. The van der Waals surface area contributed by atoms with Gasteiger partial charge in [-0.25, -0.2) is 0 Å². The van der Waals surface area contributed by atoms with E-state index in [4.69, 9.17) is 5.11 Å². The van der Waals surface area contributed by atoms with Crippen LogP contribution in [0.2, 0.25) is 0 Å². The summed E-state index contributed by atoms with van der Waals surface area (Å²) in [6, 6.07) is 0. The number of aliphatic hydroxyl groups excluding tert-OH is 2. The fraction of sp³-hybridized carbons (Fsp3) is 1.00. The Hall–Kier alpha value is -0.120. The molecule has 90 valence electrons. The lowest BCUT2D eigenvalue weighted by Gasteiger charge is -2.26. The second kappa shape index (κ2) is 5.83. The Morgan fingerprint density at radius 2 is 1.93 bits per heavy atom. The number of nitrogens with one attached hydrogen (secondary N) is 1. The van der Waals surface area contributed by atoms with Crippen molar-refractivity contribution in [2.24, 2.45) is 5.92 Å². The fourth-order valence-electron chi connectivity index (χ4n) is 2.16. The summed E-state index contributed by atoms with van der Waals surface area (Å²) in [5.41, 5.74) is -0.281. The van der Waals surface area contributed by atoms with E-state index in [0.29, 0.717) is 6.54 Å². The molecule has 1 atom stereocenters.